The summed E-state index contributed by atoms with van der Waals surface area (Å²) in [5.74, 6) is -0.133. The van der Waals surface area contributed by atoms with Crippen molar-refractivity contribution in [3.05, 3.63) is 86.9 Å². The number of nitrogens with zero attached hydrogens (tertiary/aromatic N) is 3. The van der Waals surface area contributed by atoms with Gasteiger partial charge in [-0.25, -0.2) is 9.78 Å². The van der Waals surface area contributed by atoms with Crippen molar-refractivity contribution in [3.63, 3.8) is 0 Å². The van der Waals surface area contributed by atoms with Gasteiger partial charge in [0.2, 0.25) is 0 Å². The summed E-state index contributed by atoms with van der Waals surface area (Å²) >= 11 is 6.11. The van der Waals surface area contributed by atoms with Crippen molar-refractivity contribution in [2.24, 2.45) is 7.05 Å². The third-order valence-corrected chi connectivity index (χ3v) is 6.41. The second-order valence-corrected chi connectivity index (χ2v) is 11.1. The second-order valence-electron chi connectivity index (χ2n) is 10.7. The van der Waals surface area contributed by atoms with Gasteiger partial charge in [-0.3, -0.25) is 9.48 Å². The molecule has 0 aliphatic rings. The minimum absolute atomic E-state index is 0.0770. The van der Waals surface area contributed by atoms with E-state index in [1.807, 2.05) is 57.4 Å². The van der Waals surface area contributed by atoms with E-state index in [1.165, 1.54) is 6.07 Å². The van der Waals surface area contributed by atoms with Crippen LogP contribution in [0, 0.1) is 6.92 Å². The zero-order chi connectivity index (χ0) is 28.1. The predicted octanol–water partition coefficient (Wildman–Crippen LogP) is 6.83. The largest absolute Gasteiger partial charge is 0.455 e. The Morgan fingerprint density at radius 3 is 2.64 bits per heavy atom. The molecule has 0 aliphatic carbocycles. The Labute approximate surface area is 230 Å². The molecule has 0 amide bonds. The minimum atomic E-state index is -0.699. The molecule has 3 heterocycles. The molecule has 0 saturated heterocycles. The molecule has 2 aromatic carbocycles. The molecule has 200 valence electrons. The number of nitrogens with one attached hydrogen (secondary N) is 1. The van der Waals surface area contributed by atoms with Gasteiger partial charge in [-0.15, -0.1) is 0 Å². The lowest BCUT2D eigenvalue weighted by Gasteiger charge is -2.22. The number of benzene rings is 2. The standard InChI is InChI=1S/C30H29ClN4O4/c1-16-11-20(17(2)32-23-9-10-26(31)33-27(23)29(37)39-30(3,4)5)28-21(12-16)24(36)14-25(38-28)18-7-8-22-19(13-18)15-35(6)34-22/h7-15,17,32H,1-6H3. The van der Waals surface area contributed by atoms with Gasteiger partial charge in [0.25, 0.3) is 0 Å². The maximum absolute atomic E-state index is 13.3. The van der Waals surface area contributed by atoms with Crippen molar-refractivity contribution in [2.45, 2.75) is 46.3 Å². The third-order valence-electron chi connectivity index (χ3n) is 6.20. The maximum Gasteiger partial charge on any atom is 0.359 e. The highest BCUT2D eigenvalue weighted by molar-refractivity contribution is 6.29. The molecule has 0 spiro atoms. The molecule has 0 saturated carbocycles. The molecule has 9 heteroatoms. The van der Waals surface area contributed by atoms with Crippen LogP contribution in [0.4, 0.5) is 5.69 Å². The summed E-state index contributed by atoms with van der Waals surface area (Å²) in [6.45, 7) is 9.21. The number of hydrogen-bond donors (Lipinski definition) is 1. The molecule has 3 aromatic heterocycles. The van der Waals surface area contributed by atoms with Gasteiger partial charge in [-0.2, -0.15) is 5.10 Å². The van der Waals surface area contributed by atoms with Gasteiger partial charge in [-0.1, -0.05) is 17.7 Å². The van der Waals surface area contributed by atoms with Crippen LogP contribution in [0.2, 0.25) is 5.15 Å². The fourth-order valence-electron chi connectivity index (χ4n) is 4.55. The van der Waals surface area contributed by atoms with Gasteiger partial charge in [0.1, 0.15) is 22.1 Å². The van der Waals surface area contributed by atoms with Gasteiger partial charge in [0.15, 0.2) is 11.1 Å². The molecule has 1 N–H and O–H groups in total. The Morgan fingerprint density at radius 1 is 1.13 bits per heavy atom. The lowest BCUT2D eigenvalue weighted by molar-refractivity contribution is 0.00640. The number of pyridine rings is 1. The van der Waals surface area contributed by atoms with Crippen LogP contribution in [-0.4, -0.2) is 26.3 Å². The first-order valence-corrected chi connectivity index (χ1v) is 12.9. The van der Waals surface area contributed by atoms with Crippen LogP contribution >= 0.6 is 11.6 Å². The number of fused-ring (bicyclic) bond motifs is 2. The molecule has 1 atom stereocenters. The number of carbonyl (C=O) groups excluding carboxylic acids is 1. The van der Waals surface area contributed by atoms with Crippen LogP contribution < -0.4 is 10.7 Å². The van der Waals surface area contributed by atoms with Crippen LogP contribution in [0.15, 0.2) is 63.9 Å². The third kappa shape index (κ3) is 5.52. The number of ether oxygens (including phenoxy) is 1. The molecule has 5 rings (SSSR count). The topological polar surface area (TPSA) is 99.2 Å². The van der Waals surface area contributed by atoms with Crippen LogP contribution in [0.3, 0.4) is 0 Å². The number of anilines is 1. The summed E-state index contributed by atoms with van der Waals surface area (Å²) in [4.78, 5) is 30.4. The van der Waals surface area contributed by atoms with Gasteiger partial charge in [-0.05, 0) is 76.6 Å². The average Bonchev–Trinajstić information content (AvgIpc) is 3.23. The SMILES string of the molecule is Cc1cc(C(C)Nc2ccc(Cl)nc2C(=O)OC(C)(C)C)c2oc(-c3ccc4nn(C)cc4c3)cc(=O)c2c1. The van der Waals surface area contributed by atoms with Gasteiger partial charge in [0, 0.05) is 35.8 Å². The van der Waals surface area contributed by atoms with Crippen molar-refractivity contribution in [1.29, 1.82) is 0 Å². The summed E-state index contributed by atoms with van der Waals surface area (Å²) < 4.78 is 13.7. The Bertz CT molecular complexity index is 1800. The van der Waals surface area contributed by atoms with Crippen LogP contribution in [0.5, 0.6) is 0 Å². The number of halogens is 1. The number of carbonyl (C=O) groups is 1. The molecule has 0 radical (unpaired) electrons. The van der Waals surface area contributed by atoms with E-state index in [-0.39, 0.29) is 22.3 Å². The van der Waals surface area contributed by atoms with E-state index < -0.39 is 11.6 Å². The molecule has 0 aliphatic heterocycles. The quantitative estimate of drug-likeness (QED) is 0.191. The van der Waals surface area contributed by atoms with Gasteiger partial charge < -0.3 is 14.5 Å². The van der Waals surface area contributed by atoms with Crippen molar-refractivity contribution in [3.8, 4) is 11.3 Å². The molecule has 5 aromatic rings. The van der Waals surface area contributed by atoms with E-state index in [2.05, 4.69) is 15.4 Å². The highest BCUT2D eigenvalue weighted by Gasteiger charge is 2.24. The molecular formula is C30H29ClN4O4. The smallest absolute Gasteiger partial charge is 0.359 e. The van der Waals surface area contributed by atoms with Gasteiger partial charge in [0.05, 0.1) is 22.6 Å². The molecular weight excluding hydrogens is 516 g/mol. The maximum atomic E-state index is 13.3. The second kappa shape index (κ2) is 9.85. The van der Waals surface area contributed by atoms with E-state index in [0.717, 1.165) is 27.6 Å². The summed E-state index contributed by atoms with van der Waals surface area (Å²) in [6.07, 6.45) is 1.92. The molecule has 0 fully saturated rings. The number of aryl methyl sites for hydroxylation is 2. The highest BCUT2D eigenvalue weighted by atomic mass is 35.5. The van der Waals surface area contributed by atoms with E-state index >= 15 is 0 Å². The Balaban J connectivity index is 1.58. The molecule has 39 heavy (non-hydrogen) atoms. The van der Waals surface area contributed by atoms with Crippen molar-refractivity contribution >= 4 is 45.1 Å². The average molecular weight is 545 g/mol. The molecule has 0 bridgehead atoms. The first-order valence-electron chi connectivity index (χ1n) is 12.6. The normalized spacial score (nSPS) is 12.6. The van der Waals surface area contributed by atoms with Crippen LogP contribution in [-0.2, 0) is 11.8 Å². The predicted molar refractivity (Wildman–Crippen MR) is 153 cm³/mol. The van der Waals surface area contributed by atoms with Crippen molar-refractivity contribution < 1.29 is 13.9 Å². The zero-order valence-electron chi connectivity index (χ0n) is 22.6. The van der Waals surface area contributed by atoms with E-state index in [4.69, 9.17) is 20.8 Å². The number of hydrogen-bond acceptors (Lipinski definition) is 7. The molecule has 1 unspecified atom stereocenters. The summed E-state index contributed by atoms with van der Waals surface area (Å²) in [5.41, 5.74) is 3.46. The lowest BCUT2D eigenvalue weighted by atomic mass is 10.0. The van der Waals surface area contributed by atoms with Crippen molar-refractivity contribution in [2.75, 3.05) is 5.32 Å². The van der Waals surface area contributed by atoms with E-state index in [1.54, 1.807) is 37.6 Å². The monoisotopic (exact) mass is 544 g/mol. The number of rotatable bonds is 5. The van der Waals surface area contributed by atoms with Crippen molar-refractivity contribution in [1.82, 2.24) is 14.8 Å². The molecule has 8 nitrogen and oxygen atoms in total. The Morgan fingerprint density at radius 2 is 1.90 bits per heavy atom. The van der Waals surface area contributed by atoms with Crippen LogP contribution in [0.25, 0.3) is 33.2 Å². The fraction of sp³-hybridized carbons (Fsp3) is 0.267. The summed E-state index contributed by atoms with van der Waals surface area (Å²) in [7, 11) is 1.86. The van der Waals surface area contributed by atoms with Crippen LogP contribution in [0.1, 0.15) is 55.4 Å². The minimum Gasteiger partial charge on any atom is -0.455 e. The zero-order valence-corrected chi connectivity index (χ0v) is 23.4. The highest BCUT2D eigenvalue weighted by Crippen LogP contribution is 2.32. The van der Waals surface area contributed by atoms with E-state index in [9.17, 15) is 9.59 Å². The Kier molecular flexibility index (Phi) is 6.68. The van der Waals surface area contributed by atoms with E-state index in [0.29, 0.717) is 22.4 Å². The lowest BCUT2D eigenvalue weighted by Crippen LogP contribution is -2.25. The Hall–Kier alpha value is -4.17. The summed E-state index contributed by atoms with van der Waals surface area (Å²) in [6, 6.07) is 14.0. The summed E-state index contributed by atoms with van der Waals surface area (Å²) in [5, 5.41) is 9.37. The first-order chi connectivity index (χ1) is 18.4. The number of esters is 1. The van der Waals surface area contributed by atoms with Gasteiger partial charge >= 0.3 is 5.97 Å². The number of aromatic nitrogens is 3. The fourth-order valence-corrected chi connectivity index (χ4v) is 4.69. The first kappa shape index (κ1) is 26.4.